The van der Waals surface area contributed by atoms with E-state index in [9.17, 15) is 9.59 Å². The van der Waals surface area contributed by atoms with Crippen molar-refractivity contribution in [2.24, 2.45) is 0 Å². The zero-order valence-corrected chi connectivity index (χ0v) is 15.3. The predicted molar refractivity (Wildman–Crippen MR) is 105 cm³/mol. The number of carbonyl (C=O) groups excluding carboxylic acids is 1. The molecule has 1 amide bonds. The van der Waals surface area contributed by atoms with Crippen molar-refractivity contribution in [1.82, 2.24) is 10.3 Å². The van der Waals surface area contributed by atoms with Gasteiger partial charge in [0.25, 0.3) is 11.5 Å². The number of aromatic amines is 1. The maximum atomic E-state index is 12.3. The number of benzene rings is 2. The van der Waals surface area contributed by atoms with Crippen LogP contribution in [0.2, 0.25) is 10.0 Å². The number of nitrogens with one attached hydrogen (secondary N) is 2. The largest absolute Gasteiger partial charge is 0.352 e. The first kappa shape index (κ1) is 18.2. The Hall–Kier alpha value is -2.56. The summed E-state index contributed by atoms with van der Waals surface area (Å²) in [6, 6.07) is 17.9. The summed E-state index contributed by atoms with van der Waals surface area (Å²) >= 11 is 11.9. The number of hydrogen-bond donors (Lipinski definition) is 2. The van der Waals surface area contributed by atoms with Gasteiger partial charge in [-0.2, -0.15) is 0 Å². The number of aromatic nitrogens is 1. The first-order valence-electron chi connectivity index (χ1n) is 8.05. The van der Waals surface area contributed by atoms with Gasteiger partial charge in [0.2, 0.25) is 0 Å². The maximum absolute atomic E-state index is 12.3. The normalized spacial score (nSPS) is 10.5. The molecule has 0 atom stereocenters. The van der Waals surface area contributed by atoms with Crippen LogP contribution in [-0.2, 0) is 6.42 Å². The van der Waals surface area contributed by atoms with Crippen LogP contribution in [-0.4, -0.2) is 17.4 Å². The molecule has 1 aromatic heterocycles. The van der Waals surface area contributed by atoms with Gasteiger partial charge in [-0.3, -0.25) is 9.59 Å². The minimum absolute atomic E-state index is 0.0776. The van der Waals surface area contributed by atoms with Gasteiger partial charge in [-0.15, -0.1) is 0 Å². The van der Waals surface area contributed by atoms with Crippen LogP contribution in [0.4, 0.5) is 0 Å². The molecule has 3 rings (SSSR count). The molecule has 3 aromatic rings. The lowest BCUT2D eigenvalue weighted by Gasteiger charge is -2.07. The van der Waals surface area contributed by atoms with Crippen molar-refractivity contribution in [2.75, 3.05) is 6.54 Å². The van der Waals surface area contributed by atoms with Gasteiger partial charge in [0.1, 0.15) is 5.56 Å². The minimum atomic E-state index is -0.422. The van der Waals surface area contributed by atoms with Crippen LogP contribution in [0.25, 0.3) is 11.3 Å². The SMILES string of the molecule is O=C(NCCc1cc(Cl)cc(Cl)c1)c1ccc(-c2ccccc2)[nH]c1=O. The Kier molecular flexibility index (Phi) is 5.76. The Morgan fingerprint density at radius 2 is 1.65 bits per heavy atom. The Labute approximate surface area is 160 Å². The summed E-state index contributed by atoms with van der Waals surface area (Å²) in [5.41, 5.74) is 2.12. The van der Waals surface area contributed by atoms with E-state index >= 15 is 0 Å². The Morgan fingerprint density at radius 3 is 2.31 bits per heavy atom. The molecule has 0 unspecified atom stereocenters. The number of H-pyrrole nitrogens is 1. The van der Waals surface area contributed by atoms with Crippen LogP contribution >= 0.6 is 23.2 Å². The van der Waals surface area contributed by atoms with E-state index in [1.807, 2.05) is 30.3 Å². The first-order chi connectivity index (χ1) is 12.5. The number of hydrogen-bond acceptors (Lipinski definition) is 2. The number of carbonyl (C=O) groups is 1. The van der Waals surface area contributed by atoms with E-state index in [1.54, 1.807) is 24.3 Å². The van der Waals surface area contributed by atoms with E-state index in [2.05, 4.69) is 10.3 Å². The van der Waals surface area contributed by atoms with Crippen LogP contribution in [0.5, 0.6) is 0 Å². The summed E-state index contributed by atoms with van der Waals surface area (Å²) in [5, 5.41) is 3.84. The summed E-state index contributed by atoms with van der Waals surface area (Å²) in [4.78, 5) is 27.2. The van der Waals surface area contributed by atoms with Gasteiger partial charge in [-0.1, -0.05) is 53.5 Å². The second-order valence-corrected chi connectivity index (χ2v) is 6.64. The van der Waals surface area contributed by atoms with Crippen LogP contribution in [0.15, 0.2) is 65.5 Å². The van der Waals surface area contributed by atoms with Crippen LogP contribution in [0.3, 0.4) is 0 Å². The fourth-order valence-corrected chi connectivity index (χ4v) is 3.18. The third-order valence-electron chi connectivity index (χ3n) is 3.86. The Morgan fingerprint density at radius 1 is 0.962 bits per heavy atom. The molecule has 0 bridgehead atoms. The number of rotatable bonds is 5. The lowest BCUT2D eigenvalue weighted by Crippen LogP contribution is -2.31. The molecule has 26 heavy (non-hydrogen) atoms. The van der Waals surface area contributed by atoms with Gasteiger partial charge in [-0.25, -0.2) is 0 Å². The van der Waals surface area contributed by atoms with E-state index in [0.717, 1.165) is 11.1 Å². The van der Waals surface area contributed by atoms with E-state index in [0.29, 0.717) is 28.7 Å². The van der Waals surface area contributed by atoms with Gasteiger partial charge in [0.15, 0.2) is 0 Å². The first-order valence-corrected chi connectivity index (χ1v) is 8.80. The molecule has 2 aromatic carbocycles. The van der Waals surface area contributed by atoms with E-state index < -0.39 is 11.5 Å². The summed E-state index contributed by atoms with van der Waals surface area (Å²) in [5.74, 6) is -0.418. The molecule has 2 N–H and O–H groups in total. The third-order valence-corrected chi connectivity index (χ3v) is 4.30. The molecule has 6 heteroatoms. The lowest BCUT2D eigenvalue weighted by molar-refractivity contribution is 0.0952. The van der Waals surface area contributed by atoms with Crippen molar-refractivity contribution in [3.05, 3.63) is 92.2 Å². The van der Waals surface area contributed by atoms with Gasteiger partial charge in [0.05, 0.1) is 0 Å². The second kappa shape index (κ2) is 8.21. The molecule has 0 saturated heterocycles. The molecule has 132 valence electrons. The maximum Gasteiger partial charge on any atom is 0.261 e. The van der Waals surface area contributed by atoms with Gasteiger partial charge < -0.3 is 10.3 Å². The monoisotopic (exact) mass is 386 g/mol. The molecule has 0 spiro atoms. The molecular formula is C20H16Cl2N2O2. The average Bonchev–Trinajstić information content (AvgIpc) is 2.61. The van der Waals surface area contributed by atoms with Crippen molar-refractivity contribution in [3.63, 3.8) is 0 Å². The summed E-state index contributed by atoms with van der Waals surface area (Å²) in [6.07, 6.45) is 0.562. The fraction of sp³-hybridized carbons (Fsp3) is 0.100. The van der Waals surface area contributed by atoms with Crippen molar-refractivity contribution in [1.29, 1.82) is 0 Å². The highest BCUT2D eigenvalue weighted by Gasteiger charge is 2.11. The summed E-state index contributed by atoms with van der Waals surface area (Å²) < 4.78 is 0. The van der Waals surface area contributed by atoms with E-state index in [1.165, 1.54) is 6.07 Å². The van der Waals surface area contributed by atoms with Crippen molar-refractivity contribution in [3.8, 4) is 11.3 Å². The standard InChI is InChI=1S/C20H16Cl2N2O2/c21-15-10-13(11-16(22)12-15)8-9-23-19(25)17-6-7-18(24-20(17)26)14-4-2-1-3-5-14/h1-7,10-12H,8-9H2,(H,23,25)(H,24,26). The summed E-state index contributed by atoms with van der Waals surface area (Å²) in [7, 11) is 0. The number of halogens is 2. The van der Waals surface area contributed by atoms with Crippen LogP contribution in [0, 0.1) is 0 Å². The fourth-order valence-electron chi connectivity index (χ4n) is 2.61. The highest BCUT2D eigenvalue weighted by Crippen LogP contribution is 2.19. The lowest BCUT2D eigenvalue weighted by atomic mass is 10.1. The Balaban J connectivity index is 1.65. The predicted octanol–water partition coefficient (Wildman–Crippen LogP) is 4.32. The van der Waals surface area contributed by atoms with Crippen molar-refractivity contribution in [2.45, 2.75) is 6.42 Å². The Bertz CT molecular complexity index is 964. The third kappa shape index (κ3) is 4.54. The molecular weight excluding hydrogens is 371 g/mol. The van der Waals surface area contributed by atoms with Crippen molar-refractivity contribution < 1.29 is 4.79 Å². The topological polar surface area (TPSA) is 62.0 Å². The highest BCUT2D eigenvalue weighted by atomic mass is 35.5. The quantitative estimate of drug-likeness (QED) is 0.685. The van der Waals surface area contributed by atoms with Crippen LogP contribution < -0.4 is 10.9 Å². The van der Waals surface area contributed by atoms with Crippen LogP contribution in [0.1, 0.15) is 15.9 Å². The van der Waals surface area contributed by atoms with E-state index in [-0.39, 0.29) is 5.56 Å². The molecule has 4 nitrogen and oxygen atoms in total. The zero-order valence-electron chi connectivity index (χ0n) is 13.8. The second-order valence-electron chi connectivity index (χ2n) is 5.76. The van der Waals surface area contributed by atoms with E-state index in [4.69, 9.17) is 23.2 Å². The molecule has 0 saturated carbocycles. The van der Waals surface area contributed by atoms with Crippen molar-refractivity contribution >= 4 is 29.1 Å². The molecule has 0 aliphatic rings. The molecule has 0 fully saturated rings. The average molecular weight is 387 g/mol. The molecule has 1 heterocycles. The van der Waals surface area contributed by atoms with Gasteiger partial charge in [-0.05, 0) is 47.9 Å². The number of amides is 1. The number of pyridine rings is 1. The highest BCUT2D eigenvalue weighted by molar-refractivity contribution is 6.34. The van der Waals surface area contributed by atoms with Gasteiger partial charge in [0, 0.05) is 22.3 Å². The molecule has 0 aliphatic carbocycles. The van der Waals surface area contributed by atoms with Gasteiger partial charge >= 0.3 is 0 Å². The smallest absolute Gasteiger partial charge is 0.261 e. The molecule has 0 aliphatic heterocycles. The zero-order chi connectivity index (χ0) is 18.5. The molecule has 0 radical (unpaired) electrons. The summed E-state index contributed by atoms with van der Waals surface area (Å²) in [6.45, 7) is 0.370. The minimum Gasteiger partial charge on any atom is -0.352 e.